The van der Waals surface area contributed by atoms with Crippen molar-refractivity contribution in [3.05, 3.63) is 0 Å². The van der Waals surface area contributed by atoms with Gasteiger partial charge in [0.2, 0.25) is 0 Å². The Morgan fingerprint density at radius 2 is 2.12 bits per heavy atom. The predicted octanol–water partition coefficient (Wildman–Crippen LogP) is 0.495. The van der Waals surface area contributed by atoms with E-state index in [9.17, 15) is 0 Å². The summed E-state index contributed by atoms with van der Waals surface area (Å²) in [5.74, 6) is 0. The van der Waals surface area contributed by atoms with Crippen molar-refractivity contribution in [3.63, 3.8) is 0 Å². The zero-order valence-electron chi connectivity index (χ0n) is 5.59. The number of nitrogens with two attached hydrogens (primary N) is 1. The molecule has 50 valence electrons. The molecule has 0 amide bonds. The van der Waals surface area contributed by atoms with E-state index < -0.39 is 0 Å². The van der Waals surface area contributed by atoms with Gasteiger partial charge in [-0.1, -0.05) is 13.3 Å². The van der Waals surface area contributed by atoms with Crippen LogP contribution in [-0.2, 0) is 0 Å². The Balaban J connectivity index is 3.17. The Labute approximate surface area is 50.7 Å². The lowest BCUT2D eigenvalue weighted by Gasteiger charge is -2.11. The molecule has 0 aromatic rings. The highest BCUT2D eigenvalue weighted by atomic mass is 16.3. The third-order valence-corrected chi connectivity index (χ3v) is 1.19. The van der Waals surface area contributed by atoms with Crippen LogP contribution in [0.5, 0.6) is 0 Å². The van der Waals surface area contributed by atoms with Crippen LogP contribution in [0.3, 0.4) is 0 Å². The van der Waals surface area contributed by atoms with Gasteiger partial charge in [-0.2, -0.15) is 0 Å². The van der Waals surface area contributed by atoms with E-state index >= 15 is 0 Å². The number of hydrogen-bond donors (Lipinski definition) is 2. The third-order valence-electron chi connectivity index (χ3n) is 1.19. The summed E-state index contributed by atoms with van der Waals surface area (Å²) in [5.41, 5.74) is 5.37. The molecule has 0 aromatic carbocycles. The van der Waals surface area contributed by atoms with Gasteiger partial charge in [0.1, 0.15) is 0 Å². The normalized spacial score (nSPS) is 18.0. The minimum Gasteiger partial charge on any atom is -0.392 e. The van der Waals surface area contributed by atoms with Crippen LogP contribution in [0.4, 0.5) is 0 Å². The number of aliphatic hydroxyl groups is 1. The maximum absolute atomic E-state index is 9.00. The van der Waals surface area contributed by atoms with Gasteiger partial charge in [0.15, 0.2) is 0 Å². The van der Waals surface area contributed by atoms with E-state index in [2.05, 4.69) is 0 Å². The molecule has 0 rings (SSSR count). The molecule has 0 radical (unpaired) electrons. The van der Waals surface area contributed by atoms with E-state index in [1.54, 1.807) is 0 Å². The third kappa shape index (κ3) is 2.99. The molecule has 3 N–H and O–H groups in total. The molecule has 2 atom stereocenters. The predicted molar refractivity (Wildman–Crippen MR) is 34.6 cm³/mol. The van der Waals surface area contributed by atoms with Crippen molar-refractivity contribution in [2.75, 3.05) is 0 Å². The summed E-state index contributed by atoms with van der Waals surface area (Å²) in [6, 6.07) is -0.0741. The van der Waals surface area contributed by atoms with Crippen LogP contribution in [0.2, 0.25) is 0 Å². The van der Waals surface area contributed by atoms with Gasteiger partial charge in [-0.3, -0.25) is 0 Å². The fourth-order valence-electron chi connectivity index (χ4n) is 0.559. The lowest BCUT2D eigenvalue weighted by molar-refractivity contribution is 0.140. The standard InChI is InChI=1S/C6H15NO/c1-3-4-6(8)5(2)7/h5-6,8H,3-4,7H2,1-2H3/t5-,6+/m0/s1. The molecule has 0 aliphatic carbocycles. The van der Waals surface area contributed by atoms with Gasteiger partial charge in [0.25, 0.3) is 0 Å². The van der Waals surface area contributed by atoms with E-state index in [0.29, 0.717) is 0 Å². The van der Waals surface area contributed by atoms with Crippen LogP contribution < -0.4 is 5.73 Å². The van der Waals surface area contributed by atoms with Crippen LogP contribution in [0.25, 0.3) is 0 Å². The smallest absolute Gasteiger partial charge is 0.0688 e. The molecule has 0 saturated carbocycles. The van der Waals surface area contributed by atoms with E-state index in [-0.39, 0.29) is 12.1 Å². The molecule has 0 aliphatic heterocycles. The van der Waals surface area contributed by atoms with Gasteiger partial charge in [-0.05, 0) is 13.3 Å². The van der Waals surface area contributed by atoms with Crippen LogP contribution in [-0.4, -0.2) is 17.3 Å². The van der Waals surface area contributed by atoms with Gasteiger partial charge < -0.3 is 10.8 Å². The van der Waals surface area contributed by atoms with Gasteiger partial charge in [-0.25, -0.2) is 0 Å². The minimum absolute atomic E-state index is 0.0741. The summed E-state index contributed by atoms with van der Waals surface area (Å²) in [5, 5.41) is 9.00. The summed E-state index contributed by atoms with van der Waals surface area (Å²) >= 11 is 0. The van der Waals surface area contributed by atoms with E-state index in [1.165, 1.54) is 0 Å². The second-order valence-corrected chi connectivity index (χ2v) is 2.22. The fourth-order valence-corrected chi connectivity index (χ4v) is 0.559. The Kier molecular flexibility index (Phi) is 3.83. The monoisotopic (exact) mass is 117 g/mol. The molecule has 2 nitrogen and oxygen atoms in total. The maximum Gasteiger partial charge on any atom is 0.0688 e. The van der Waals surface area contributed by atoms with Crippen LogP contribution >= 0.6 is 0 Å². The molecule has 0 aromatic heterocycles. The first kappa shape index (κ1) is 7.92. The van der Waals surface area contributed by atoms with Gasteiger partial charge >= 0.3 is 0 Å². The zero-order chi connectivity index (χ0) is 6.57. The average Bonchev–Trinajstić information content (AvgIpc) is 1.67. The van der Waals surface area contributed by atoms with Crippen LogP contribution in [0, 0.1) is 0 Å². The quantitative estimate of drug-likeness (QED) is 0.565. The first-order valence-electron chi connectivity index (χ1n) is 3.12. The van der Waals surface area contributed by atoms with Crippen LogP contribution in [0.15, 0.2) is 0 Å². The minimum atomic E-state index is -0.306. The number of rotatable bonds is 3. The fraction of sp³-hybridized carbons (Fsp3) is 1.00. The number of aliphatic hydroxyl groups excluding tert-OH is 1. The summed E-state index contributed by atoms with van der Waals surface area (Å²) in [6.45, 7) is 3.85. The van der Waals surface area contributed by atoms with Crippen LogP contribution in [0.1, 0.15) is 26.7 Å². The lowest BCUT2D eigenvalue weighted by Crippen LogP contribution is -2.30. The van der Waals surface area contributed by atoms with Crippen molar-refractivity contribution in [1.82, 2.24) is 0 Å². The van der Waals surface area contributed by atoms with Crippen molar-refractivity contribution in [3.8, 4) is 0 Å². The molecule has 0 unspecified atom stereocenters. The topological polar surface area (TPSA) is 46.2 Å². The number of hydrogen-bond acceptors (Lipinski definition) is 2. The summed E-state index contributed by atoms with van der Waals surface area (Å²) in [6.07, 6.45) is 1.51. The molecule has 0 saturated heterocycles. The zero-order valence-corrected chi connectivity index (χ0v) is 5.59. The Morgan fingerprint density at radius 3 is 2.25 bits per heavy atom. The van der Waals surface area contributed by atoms with Crippen molar-refractivity contribution < 1.29 is 5.11 Å². The highest BCUT2D eigenvalue weighted by Gasteiger charge is 2.05. The summed E-state index contributed by atoms with van der Waals surface area (Å²) in [7, 11) is 0. The molecule has 0 aliphatic rings. The molecule has 0 fully saturated rings. The Hall–Kier alpha value is -0.0800. The molecular weight excluding hydrogens is 102 g/mol. The van der Waals surface area contributed by atoms with E-state index in [1.807, 2.05) is 13.8 Å². The Bertz CT molecular complexity index is 54.5. The largest absolute Gasteiger partial charge is 0.392 e. The molecule has 0 heterocycles. The second kappa shape index (κ2) is 3.87. The molecular formula is C6H15NO. The summed E-state index contributed by atoms with van der Waals surface area (Å²) < 4.78 is 0. The maximum atomic E-state index is 9.00. The highest BCUT2D eigenvalue weighted by Crippen LogP contribution is 1.97. The van der Waals surface area contributed by atoms with Crippen molar-refractivity contribution in [1.29, 1.82) is 0 Å². The van der Waals surface area contributed by atoms with E-state index in [0.717, 1.165) is 12.8 Å². The molecule has 0 spiro atoms. The summed E-state index contributed by atoms with van der Waals surface area (Å²) in [4.78, 5) is 0. The van der Waals surface area contributed by atoms with Gasteiger partial charge in [-0.15, -0.1) is 0 Å². The van der Waals surface area contributed by atoms with Gasteiger partial charge in [0, 0.05) is 6.04 Å². The average molecular weight is 117 g/mol. The lowest BCUT2D eigenvalue weighted by atomic mass is 10.1. The van der Waals surface area contributed by atoms with Gasteiger partial charge in [0.05, 0.1) is 6.10 Å². The molecule has 2 heteroatoms. The first-order valence-corrected chi connectivity index (χ1v) is 3.12. The van der Waals surface area contributed by atoms with Crippen molar-refractivity contribution >= 4 is 0 Å². The molecule has 8 heavy (non-hydrogen) atoms. The second-order valence-electron chi connectivity index (χ2n) is 2.22. The first-order chi connectivity index (χ1) is 3.68. The Morgan fingerprint density at radius 1 is 1.62 bits per heavy atom. The molecule has 0 bridgehead atoms. The SMILES string of the molecule is CCC[C@@H](O)[C@H](C)N. The van der Waals surface area contributed by atoms with Crippen molar-refractivity contribution in [2.45, 2.75) is 38.8 Å². The van der Waals surface area contributed by atoms with E-state index in [4.69, 9.17) is 10.8 Å². The van der Waals surface area contributed by atoms with Crippen molar-refractivity contribution in [2.24, 2.45) is 5.73 Å². The highest BCUT2D eigenvalue weighted by molar-refractivity contribution is 4.64.